The number of benzene rings is 2. The molecule has 0 aliphatic rings. The molecule has 2 aromatic rings. The van der Waals surface area contributed by atoms with E-state index in [0.29, 0.717) is 16.3 Å². The maximum Gasteiger partial charge on any atom is 0.274 e. The van der Waals surface area contributed by atoms with Crippen LogP contribution in [0.2, 0.25) is 5.02 Å². The predicted molar refractivity (Wildman–Crippen MR) is 86.5 cm³/mol. The van der Waals surface area contributed by atoms with Gasteiger partial charge in [-0.15, -0.1) is 0 Å². The fourth-order valence-electron chi connectivity index (χ4n) is 1.98. The van der Waals surface area contributed by atoms with Gasteiger partial charge in [0.05, 0.1) is 16.5 Å². The van der Waals surface area contributed by atoms with Crippen LogP contribution in [0.4, 0.5) is 5.69 Å². The summed E-state index contributed by atoms with van der Waals surface area (Å²) < 4.78 is 5.38. The van der Waals surface area contributed by atoms with Gasteiger partial charge in [0.25, 0.3) is 11.6 Å². The molecule has 0 unspecified atom stereocenters. The van der Waals surface area contributed by atoms with Crippen LogP contribution >= 0.6 is 11.6 Å². The lowest BCUT2D eigenvalue weighted by molar-refractivity contribution is -0.385. The Morgan fingerprint density at radius 2 is 1.87 bits per heavy atom. The lowest BCUT2D eigenvalue weighted by atomic mass is 10.1. The Labute approximate surface area is 138 Å². The molecule has 2 aromatic carbocycles. The summed E-state index contributed by atoms with van der Waals surface area (Å²) in [6, 6.07) is 13.2. The third-order valence-electron chi connectivity index (χ3n) is 3.21. The molecular weight excluding hydrogens is 320 g/mol. The van der Waals surface area contributed by atoms with Crippen molar-refractivity contribution in [2.24, 2.45) is 0 Å². The molecule has 0 aliphatic carbocycles. The fraction of sp³-hybridized carbons (Fsp3) is 0.188. The molecule has 23 heavy (non-hydrogen) atoms. The molecule has 0 fully saturated rings. The van der Waals surface area contributed by atoms with Crippen molar-refractivity contribution in [2.45, 2.75) is 6.54 Å². The van der Waals surface area contributed by atoms with Crippen LogP contribution in [0.1, 0.15) is 5.56 Å². The maximum absolute atomic E-state index is 12.1. The van der Waals surface area contributed by atoms with Gasteiger partial charge >= 0.3 is 0 Å². The highest BCUT2D eigenvalue weighted by atomic mass is 35.5. The lowest BCUT2D eigenvalue weighted by Crippen LogP contribution is -2.31. The van der Waals surface area contributed by atoms with Crippen LogP contribution in [0, 0.1) is 10.1 Å². The van der Waals surface area contributed by atoms with Gasteiger partial charge in [-0.05, 0) is 12.1 Å². The minimum Gasteiger partial charge on any atom is -0.482 e. The van der Waals surface area contributed by atoms with Crippen LogP contribution in [0.15, 0.2) is 48.5 Å². The summed E-state index contributed by atoms with van der Waals surface area (Å²) in [5, 5.41) is 11.4. The van der Waals surface area contributed by atoms with Crippen LogP contribution in [0.5, 0.6) is 5.75 Å². The molecule has 0 saturated heterocycles. The average Bonchev–Trinajstić information content (AvgIpc) is 2.54. The van der Waals surface area contributed by atoms with Gasteiger partial charge in [-0.3, -0.25) is 14.9 Å². The van der Waals surface area contributed by atoms with Crippen molar-refractivity contribution in [3.63, 3.8) is 0 Å². The first-order valence-electron chi connectivity index (χ1n) is 6.82. The Hall–Kier alpha value is -2.60. The SMILES string of the molecule is CN(Cc1ccccc1[N+](=O)[O-])C(=O)COc1ccccc1Cl. The number of hydrogen-bond acceptors (Lipinski definition) is 4. The van der Waals surface area contributed by atoms with Crippen LogP contribution in [0.3, 0.4) is 0 Å². The smallest absolute Gasteiger partial charge is 0.274 e. The summed E-state index contributed by atoms with van der Waals surface area (Å²) in [6.45, 7) is -0.0667. The zero-order chi connectivity index (χ0) is 16.8. The van der Waals surface area contributed by atoms with Crippen molar-refractivity contribution in [2.75, 3.05) is 13.7 Å². The number of hydrogen-bond donors (Lipinski definition) is 0. The van der Waals surface area contributed by atoms with E-state index in [0.717, 1.165) is 0 Å². The molecule has 0 spiro atoms. The minimum atomic E-state index is -0.464. The number of nitro groups is 1. The van der Waals surface area contributed by atoms with E-state index in [1.807, 2.05) is 0 Å². The first kappa shape index (κ1) is 16.8. The molecule has 0 radical (unpaired) electrons. The summed E-state index contributed by atoms with van der Waals surface area (Å²) >= 11 is 5.95. The van der Waals surface area contributed by atoms with E-state index in [4.69, 9.17) is 16.3 Å². The Kier molecular flexibility index (Phi) is 5.54. The third kappa shape index (κ3) is 4.43. The van der Waals surface area contributed by atoms with Crippen LogP contribution in [-0.2, 0) is 11.3 Å². The molecule has 0 aromatic heterocycles. The number of para-hydroxylation sites is 2. The maximum atomic E-state index is 12.1. The number of nitrogens with zero attached hydrogens (tertiary/aromatic N) is 2. The highest BCUT2D eigenvalue weighted by Crippen LogP contribution is 2.23. The van der Waals surface area contributed by atoms with Gasteiger partial charge in [0.2, 0.25) is 0 Å². The molecule has 2 rings (SSSR count). The molecule has 0 saturated carbocycles. The minimum absolute atomic E-state index is 0.0147. The number of nitro benzene ring substituents is 1. The summed E-state index contributed by atoms with van der Waals surface area (Å²) in [6.07, 6.45) is 0. The van der Waals surface area contributed by atoms with Crippen LogP contribution in [-0.4, -0.2) is 29.4 Å². The van der Waals surface area contributed by atoms with Crippen molar-refractivity contribution in [3.8, 4) is 5.75 Å². The average molecular weight is 335 g/mol. The number of halogens is 1. The van der Waals surface area contributed by atoms with Gasteiger partial charge in [-0.1, -0.05) is 41.9 Å². The standard InChI is InChI=1S/C16H15ClN2O4/c1-18(10-12-6-2-4-8-14(12)19(21)22)16(20)11-23-15-9-5-3-7-13(15)17/h2-9H,10-11H2,1H3. The molecular formula is C16H15ClN2O4. The molecule has 0 N–H and O–H groups in total. The molecule has 0 heterocycles. The summed E-state index contributed by atoms with van der Waals surface area (Å²) in [4.78, 5) is 24.0. The molecule has 0 atom stereocenters. The second-order valence-corrected chi connectivity index (χ2v) is 5.26. The Bertz CT molecular complexity index is 721. The number of amides is 1. The zero-order valence-corrected chi connectivity index (χ0v) is 13.2. The third-order valence-corrected chi connectivity index (χ3v) is 3.52. The second kappa shape index (κ2) is 7.60. The molecule has 0 bridgehead atoms. The van der Waals surface area contributed by atoms with Crippen molar-refractivity contribution in [1.29, 1.82) is 0 Å². The summed E-state index contributed by atoms with van der Waals surface area (Å²) in [5.74, 6) is 0.115. The van der Waals surface area contributed by atoms with Gasteiger partial charge in [-0.25, -0.2) is 0 Å². The van der Waals surface area contributed by atoms with Gasteiger partial charge in [0.15, 0.2) is 6.61 Å². The van der Waals surface area contributed by atoms with E-state index < -0.39 is 4.92 Å². The monoisotopic (exact) mass is 334 g/mol. The van der Waals surface area contributed by atoms with Gasteiger partial charge in [0, 0.05) is 18.7 Å². The molecule has 0 aliphatic heterocycles. The Morgan fingerprint density at radius 1 is 1.22 bits per heavy atom. The van der Waals surface area contributed by atoms with E-state index in [2.05, 4.69) is 0 Å². The van der Waals surface area contributed by atoms with E-state index in [1.54, 1.807) is 49.5 Å². The summed E-state index contributed by atoms with van der Waals surface area (Å²) in [5.41, 5.74) is 0.449. The lowest BCUT2D eigenvalue weighted by Gasteiger charge is -2.17. The van der Waals surface area contributed by atoms with Gasteiger partial charge in [-0.2, -0.15) is 0 Å². The largest absolute Gasteiger partial charge is 0.482 e. The highest BCUT2D eigenvalue weighted by molar-refractivity contribution is 6.32. The molecule has 1 amide bonds. The van der Waals surface area contributed by atoms with E-state index in [9.17, 15) is 14.9 Å². The van der Waals surface area contributed by atoms with E-state index >= 15 is 0 Å². The first-order valence-corrected chi connectivity index (χ1v) is 7.20. The Morgan fingerprint density at radius 3 is 2.57 bits per heavy atom. The topological polar surface area (TPSA) is 72.7 Å². The molecule has 120 valence electrons. The fourth-order valence-corrected chi connectivity index (χ4v) is 2.17. The van der Waals surface area contributed by atoms with Gasteiger partial charge < -0.3 is 9.64 Å². The van der Waals surface area contributed by atoms with Crippen molar-refractivity contribution in [1.82, 2.24) is 4.90 Å². The number of carbonyl (C=O) groups is 1. The number of rotatable bonds is 6. The second-order valence-electron chi connectivity index (χ2n) is 4.85. The zero-order valence-electron chi connectivity index (χ0n) is 12.4. The molecule has 6 nitrogen and oxygen atoms in total. The summed E-state index contributed by atoms with van der Waals surface area (Å²) in [7, 11) is 1.56. The van der Waals surface area contributed by atoms with Crippen molar-refractivity contribution in [3.05, 3.63) is 69.2 Å². The van der Waals surface area contributed by atoms with Crippen LogP contribution in [0.25, 0.3) is 0 Å². The predicted octanol–water partition coefficient (Wildman–Crippen LogP) is 3.29. The first-order chi connectivity index (χ1) is 11.0. The number of likely N-dealkylation sites (N-methyl/N-ethyl adjacent to an activating group) is 1. The number of ether oxygens (including phenoxy) is 1. The number of carbonyl (C=O) groups excluding carboxylic acids is 1. The van der Waals surface area contributed by atoms with Crippen LogP contribution < -0.4 is 4.74 Å². The van der Waals surface area contributed by atoms with E-state index in [-0.39, 0.29) is 24.7 Å². The molecule has 7 heteroatoms. The van der Waals surface area contributed by atoms with E-state index in [1.165, 1.54) is 11.0 Å². The highest BCUT2D eigenvalue weighted by Gasteiger charge is 2.17. The normalized spacial score (nSPS) is 10.2. The quantitative estimate of drug-likeness (QED) is 0.600. The van der Waals surface area contributed by atoms with Gasteiger partial charge in [0.1, 0.15) is 5.75 Å². The van der Waals surface area contributed by atoms with Crippen molar-refractivity contribution >= 4 is 23.2 Å². The van der Waals surface area contributed by atoms with Crippen molar-refractivity contribution < 1.29 is 14.5 Å². The Balaban J connectivity index is 1.98.